The third-order valence-electron chi connectivity index (χ3n) is 4.81. The Labute approximate surface area is 179 Å². The van der Waals surface area contributed by atoms with Crippen LogP contribution in [0.15, 0.2) is 53.7 Å². The van der Waals surface area contributed by atoms with Crippen LogP contribution in [0.4, 0.5) is 5.69 Å². The molecule has 1 atom stereocenters. The van der Waals surface area contributed by atoms with Crippen molar-refractivity contribution in [3.05, 3.63) is 54.1 Å². The molecular formula is C22H22N4O3S. The van der Waals surface area contributed by atoms with Gasteiger partial charge in [0, 0.05) is 17.5 Å². The number of aromatic nitrogens is 3. The molecule has 3 aromatic rings. The summed E-state index contributed by atoms with van der Waals surface area (Å²) >= 11 is 1.38. The molecule has 1 aliphatic rings. The lowest BCUT2D eigenvalue weighted by Crippen LogP contribution is -2.37. The predicted octanol–water partition coefficient (Wildman–Crippen LogP) is 4.49. The molecule has 0 radical (unpaired) electrons. The summed E-state index contributed by atoms with van der Waals surface area (Å²) in [5, 5.41) is 9.06. The molecule has 2 aromatic carbocycles. The summed E-state index contributed by atoms with van der Waals surface area (Å²) in [5.41, 5.74) is 2.78. The van der Waals surface area contributed by atoms with E-state index in [2.05, 4.69) is 15.2 Å². The van der Waals surface area contributed by atoms with Gasteiger partial charge in [0.25, 0.3) is 0 Å². The first-order valence-corrected chi connectivity index (χ1v) is 10.9. The highest BCUT2D eigenvalue weighted by molar-refractivity contribution is 7.98. The molecule has 1 unspecified atom stereocenters. The lowest BCUT2D eigenvalue weighted by atomic mass is 10.1. The van der Waals surface area contributed by atoms with Crippen LogP contribution < -0.4 is 14.4 Å². The van der Waals surface area contributed by atoms with E-state index in [1.807, 2.05) is 61.7 Å². The van der Waals surface area contributed by atoms with Crippen molar-refractivity contribution in [1.29, 1.82) is 0 Å². The average Bonchev–Trinajstić information content (AvgIpc) is 2.93. The first-order valence-electron chi connectivity index (χ1n) is 9.67. The Morgan fingerprint density at radius 2 is 2.03 bits per heavy atom. The Kier molecular flexibility index (Phi) is 5.85. The Balaban J connectivity index is 1.95. The Morgan fingerprint density at radius 3 is 2.80 bits per heavy atom. The van der Waals surface area contributed by atoms with Crippen LogP contribution in [0, 0.1) is 0 Å². The number of thioether (sulfide) groups is 1. The van der Waals surface area contributed by atoms with E-state index < -0.39 is 6.23 Å². The summed E-state index contributed by atoms with van der Waals surface area (Å²) in [4.78, 5) is 19.5. The lowest BCUT2D eigenvalue weighted by Gasteiger charge is -2.31. The largest absolute Gasteiger partial charge is 0.497 e. The third kappa shape index (κ3) is 3.70. The molecule has 2 heterocycles. The van der Waals surface area contributed by atoms with Crippen LogP contribution in [0.25, 0.3) is 11.3 Å². The van der Waals surface area contributed by atoms with Gasteiger partial charge in [0.15, 0.2) is 5.69 Å². The van der Waals surface area contributed by atoms with Crippen LogP contribution in [-0.4, -0.2) is 34.5 Å². The number of anilines is 1. The molecule has 0 spiro atoms. The summed E-state index contributed by atoms with van der Waals surface area (Å²) in [6, 6.07) is 15.1. The molecule has 4 rings (SSSR count). The lowest BCUT2D eigenvalue weighted by molar-refractivity contribution is -0.120. The zero-order chi connectivity index (χ0) is 21.1. The minimum absolute atomic E-state index is 0.0383. The molecule has 0 saturated heterocycles. The first kappa shape index (κ1) is 20.2. The van der Waals surface area contributed by atoms with Gasteiger partial charge >= 0.3 is 0 Å². The number of carbonyl (C=O) groups is 1. The molecule has 154 valence electrons. The fraction of sp³-hybridized carbons (Fsp3) is 0.273. The number of benzene rings is 2. The van der Waals surface area contributed by atoms with Crippen molar-refractivity contribution in [2.45, 2.75) is 31.1 Å². The molecule has 1 amide bonds. The molecule has 8 heteroatoms. The van der Waals surface area contributed by atoms with Crippen molar-refractivity contribution in [3.8, 4) is 22.9 Å². The summed E-state index contributed by atoms with van der Waals surface area (Å²) in [7, 11) is 1.61. The second-order valence-electron chi connectivity index (χ2n) is 6.73. The summed E-state index contributed by atoms with van der Waals surface area (Å²) in [6.07, 6.45) is 2.28. The van der Waals surface area contributed by atoms with Gasteiger partial charge in [-0.2, -0.15) is 4.98 Å². The maximum absolute atomic E-state index is 13.3. The average molecular weight is 423 g/mol. The SMILES string of the molecule is CCCC(=O)N1c2ccccc2-c2nnc(SC)nc2OC1c1cccc(OC)c1. The van der Waals surface area contributed by atoms with E-state index in [1.54, 1.807) is 12.0 Å². The number of hydrogen-bond acceptors (Lipinski definition) is 7. The smallest absolute Gasteiger partial charge is 0.247 e. The molecular weight excluding hydrogens is 400 g/mol. The number of para-hydroxylation sites is 1. The van der Waals surface area contributed by atoms with Gasteiger partial charge in [-0.05, 0) is 30.9 Å². The zero-order valence-electron chi connectivity index (χ0n) is 17.0. The Bertz CT molecular complexity index is 1080. The van der Waals surface area contributed by atoms with E-state index in [9.17, 15) is 4.79 Å². The van der Waals surface area contributed by atoms with E-state index >= 15 is 0 Å². The topological polar surface area (TPSA) is 77.4 Å². The first-order chi connectivity index (χ1) is 14.7. The maximum Gasteiger partial charge on any atom is 0.247 e. The van der Waals surface area contributed by atoms with E-state index in [4.69, 9.17) is 9.47 Å². The van der Waals surface area contributed by atoms with Crippen LogP contribution in [0.5, 0.6) is 11.6 Å². The molecule has 0 aliphatic carbocycles. The van der Waals surface area contributed by atoms with Crippen molar-refractivity contribution in [1.82, 2.24) is 15.2 Å². The van der Waals surface area contributed by atoms with Crippen LogP contribution in [0.2, 0.25) is 0 Å². The predicted molar refractivity (Wildman–Crippen MR) is 116 cm³/mol. The van der Waals surface area contributed by atoms with E-state index in [0.717, 1.165) is 23.2 Å². The molecule has 0 fully saturated rings. The monoisotopic (exact) mass is 422 g/mol. The molecule has 0 bridgehead atoms. The number of hydrogen-bond donors (Lipinski definition) is 0. The summed E-state index contributed by atoms with van der Waals surface area (Å²) in [5.74, 6) is 0.993. The van der Waals surface area contributed by atoms with Crippen LogP contribution in [0.3, 0.4) is 0 Å². The van der Waals surface area contributed by atoms with Gasteiger partial charge in [0.2, 0.25) is 23.2 Å². The quantitative estimate of drug-likeness (QED) is 0.561. The van der Waals surface area contributed by atoms with Crippen LogP contribution in [-0.2, 0) is 4.79 Å². The Hall–Kier alpha value is -3.13. The van der Waals surface area contributed by atoms with Gasteiger partial charge < -0.3 is 9.47 Å². The molecule has 0 saturated carbocycles. The molecule has 1 aliphatic heterocycles. The van der Waals surface area contributed by atoms with Crippen molar-refractivity contribution >= 4 is 23.4 Å². The van der Waals surface area contributed by atoms with E-state index in [0.29, 0.717) is 28.9 Å². The number of fused-ring (bicyclic) bond motifs is 3. The van der Waals surface area contributed by atoms with Gasteiger partial charge in [-0.15, -0.1) is 10.2 Å². The van der Waals surface area contributed by atoms with Crippen molar-refractivity contribution < 1.29 is 14.3 Å². The number of rotatable bonds is 5. The molecule has 7 nitrogen and oxygen atoms in total. The number of carbonyl (C=O) groups excluding carboxylic acids is 1. The van der Waals surface area contributed by atoms with Gasteiger partial charge in [-0.25, -0.2) is 0 Å². The number of ether oxygens (including phenoxy) is 2. The van der Waals surface area contributed by atoms with Crippen LogP contribution >= 0.6 is 11.8 Å². The highest BCUT2D eigenvalue weighted by atomic mass is 32.2. The normalized spacial score (nSPS) is 14.9. The summed E-state index contributed by atoms with van der Waals surface area (Å²) in [6.45, 7) is 1.98. The van der Waals surface area contributed by atoms with Crippen molar-refractivity contribution in [2.24, 2.45) is 0 Å². The number of amides is 1. The standard InChI is InChI=1S/C22H22N4O3S/c1-4-8-18(27)26-17-12-6-5-11-16(17)19-20(23-22(30-3)25-24-19)29-21(26)14-9-7-10-15(13-14)28-2/h5-7,9-13,21H,4,8H2,1-3H3. The molecule has 1 aromatic heterocycles. The Morgan fingerprint density at radius 1 is 1.20 bits per heavy atom. The van der Waals surface area contributed by atoms with Gasteiger partial charge in [0.05, 0.1) is 12.8 Å². The van der Waals surface area contributed by atoms with Gasteiger partial charge in [-0.1, -0.05) is 49.0 Å². The van der Waals surface area contributed by atoms with E-state index in [1.165, 1.54) is 11.8 Å². The van der Waals surface area contributed by atoms with Crippen LogP contribution in [0.1, 0.15) is 31.6 Å². The fourth-order valence-corrected chi connectivity index (χ4v) is 3.71. The third-order valence-corrected chi connectivity index (χ3v) is 5.34. The van der Waals surface area contributed by atoms with E-state index in [-0.39, 0.29) is 5.91 Å². The number of methoxy groups -OCH3 is 1. The minimum Gasteiger partial charge on any atom is -0.497 e. The van der Waals surface area contributed by atoms with Gasteiger partial charge in [0.1, 0.15) is 5.75 Å². The fourth-order valence-electron chi connectivity index (χ4n) is 3.42. The second kappa shape index (κ2) is 8.71. The molecule has 30 heavy (non-hydrogen) atoms. The summed E-state index contributed by atoms with van der Waals surface area (Å²) < 4.78 is 11.8. The highest BCUT2D eigenvalue weighted by Crippen LogP contribution is 2.43. The maximum atomic E-state index is 13.3. The zero-order valence-corrected chi connectivity index (χ0v) is 17.8. The van der Waals surface area contributed by atoms with Gasteiger partial charge in [-0.3, -0.25) is 9.69 Å². The highest BCUT2D eigenvalue weighted by Gasteiger charge is 2.35. The van der Waals surface area contributed by atoms with Crippen molar-refractivity contribution in [3.63, 3.8) is 0 Å². The molecule has 0 N–H and O–H groups in total. The second-order valence-corrected chi connectivity index (χ2v) is 7.50. The minimum atomic E-state index is -0.715. The number of nitrogens with zero attached hydrogens (tertiary/aromatic N) is 4. The van der Waals surface area contributed by atoms with Crippen molar-refractivity contribution in [2.75, 3.05) is 18.3 Å².